The van der Waals surface area contributed by atoms with Crippen molar-refractivity contribution in [3.63, 3.8) is 0 Å². The molecule has 0 bridgehead atoms. The van der Waals surface area contributed by atoms with E-state index in [1.165, 1.54) is 22.1 Å². The van der Waals surface area contributed by atoms with E-state index in [2.05, 4.69) is 15.4 Å². The van der Waals surface area contributed by atoms with Crippen LogP contribution in [0.4, 0.5) is 14.6 Å². The number of hydrogen-bond donors (Lipinski definition) is 1. The van der Waals surface area contributed by atoms with Crippen LogP contribution in [0.5, 0.6) is 5.75 Å². The summed E-state index contributed by atoms with van der Waals surface area (Å²) in [6.07, 6.45) is 0. The number of rotatable bonds is 5. The Morgan fingerprint density at radius 1 is 1.13 bits per heavy atom. The third-order valence-corrected chi connectivity index (χ3v) is 5.14. The molecule has 0 spiro atoms. The summed E-state index contributed by atoms with van der Waals surface area (Å²) in [5.41, 5.74) is 1.57. The highest BCUT2D eigenvalue weighted by Crippen LogP contribution is 2.28. The maximum absolute atomic E-state index is 13.9. The van der Waals surface area contributed by atoms with E-state index in [9.17, 15) is 13.6 Å². The summed E-state index contributed by atoms with van der Waals surface area (Å²) in [5, 5.41) is 9.23. The summed E-state index contributed by atoms with van der Waals surface area (Å²) in [5.74, 6) is -1.78. The van der Waals surface area contributed by atoms with Gasteiger partial charge in [0.25, 0.3) is 5.91 Å². The molecular weight excluding hydrogens is 410 g/mol. The molecule has 0 atom stereocenters. The minimum Gasteiger partial charge on any atom is -0.497 e. The number of carbonyl (C=O) groups is 1. The molecule has 2 aromatic carbocycles. The van der Waals surface area contributed by atoms with E-state index in [0.717, 1.165) is 29.1 Å². The molecule has 9 heteroatoms. The molecule has 6 nitrogen and oxygen atoms in total. The molecule has 0 saturated heterocycles. The van der Waals surface area contributed by atoms with Gasteiger partial charge in [-0.25, -0.2) is 13.8 Å². The maximum Gasteiger partial charge on any atom is 0.262 e. The lowest BCUT2D eigenvalue weighted by molar-refractivity contribution is 0.101. The fourth-order valence-corrected chi connectivity index (χ4v) is 3.68. The average molecular weight is 426 g/mol. The van der Waals surface area contributed by atoms with Crippen LogP contribution in [-0.4, -0.2) is 27.8 Å². The number of thiazole rings is 1. The van der Waals surface area contributed by atoms with Crippen molar-refractivity contribution in [1.82, 2.24) is 14.8 Å². The quantitative estimate of drug-likeness (QED) is 0.496. The Hall–Kier alpha value is -3.59. The third-order valence-electron chi connectivity index (χ3n) is 4.32. The Kier molecular flexibility index (Phi) is 5.28. The largest absolute Gasteiger partial charge is 0.497 e. The van der Waals surface area contributed by atoms with Crippen molar-refractivity contribution in [3.8, 4) is 22.1 Å². The van der Waals surface area contributed by atoms with Gasteiger partial charge in [0, 0.05) is 17.0 Å². The van der Waals surface area contributed by atoms with Crippen molar-refractivity contribution >= 4 is 23.1 Å². The number of carbonyl (C=O) groups excluding carboxylic acids is 1. The van der Waals surface area contributed by atoms with Crippen LogP contribution in [-0.2, 0) is 0 Å². The summed E-state index contributed by atoms with van der Waals surface area (Å²) in [4.78, 5) is 17.0. The van der Waals surface area contributed by atoms with Crippen molar-refractivity contribution in [2.24, 2.45) is 0 Å². The van der Waals surface area contributed by atoms with Gasteiger partial charge >= 0.3 is 0 Å². The van der Waals surface area contributed by atoms with Gasteiger partial charge in [-0.15, -0.1) is 11.3 Å². The second-order valence-electron chi connectivity index (χ2n) is 6.38. The molecule has 152 valence electrons. The lowest BCUT2D eigenvalue weighted by Gasteiger charge is -2.08. The fraction of sp³-hybridized carbons (Fsp3) is 0.0952. The Morgan fingerprint density at radius 3 is 2.50 bits per heavy atom. The van der Waals surface area contributed by atoms with Gasteiger partial charge in [0.2, 0.25) is 5.13 Å². The number of halogens is 2. The number of aryl methyl sites for hydroxylation is 1. The number of methoxy groups -OCH3 is 1. The van der Waals surface area contributed by atoms with Crippen LogP contribution >= 0.6 is 11.3 Å². The van der Waals surface area contributed by atoms with Crippen LogP contribution in [0, 0.1) is 18.6 Å². The predicted octanol–water partition coefficient (Wildman–Crippen LogP) is 4.84. The van der Waals surface area contributed by atoms with Crippen LogP contribution < -0.4 is 10.1 Å². The van der Waals surface area contributed by atoms with E-state index in [4.69, 9.17) is 4.74 Å². The summed E-state index contributed by atoms with van der Waals surface area (Å²) < 4.78 is 34.5. The molecule has 0 radical (unpaired) electrons. The zero-order valence-corrected chi connectivity index (χ0v) is 16.8. The Bertz CT molecular complexity index is 1200. The number of ether oxygens (including phenoxy) is 1. The molecule has 2 heterocycles. The highest BCUT2D eigenvalue weighted by atomic mass is 32.1. The molecule has 0 fully saturated rings. The summed E-state index contributed by atoms with van der Waals surface area (Å²) in [6.45, 7) is 1.74. The molecule has 0 aliphatic heterocycles. The van der Waals surface area contributed by atoms with Gasteiger partial charge in [0.05, 0.1) is 18.5 Å². The highest BCUT2D eigenvalue weighted by Gasteiger charge is 2.20. The highest BCUT2D eigenvalue weighted by molar-refractivity contribution is 7.12. The van der Waals surface area contributed by atoms with Crippen molar-refractivity contribution in [2.75, 3.05) is 12.4 Å². The molecule has 30 heavy (non-hydrogen) atoms. The molecule has 0 aliphatic carbocycles. The van der Waals surface area contributed by atoms with Crippen LogP contribution in [0.3, 0.4) is 0 Å². The maximum atomic E-state index is 13.9. The molecule has 0 aliphatic rings. The van der Waals surface area contributed by atoms with Crippen LogP contribution in [0.15, 0.2) is 53.9 Å². The van der Waals surface area contributed by atoms with Crippen LogP contribution in [0.2, 0.25) is 0 Å². The zero-order chi connectivity index (χ0) is 21.3. The molecule has 1 amide bonds. The molecular formula is C21H16F2N4O2S. The first-order valence-corrected chi connectivity index (χ1v) is 9.76. The van der Waals surface area contributed by atoms with Crippen LogP contribution in [0.1, 0.15) is 16.1 Å². The van der Waals surface area contributed by atoms with Crippen molar-refractivity contribution < 1.29 is 18.3 Å². The van der Waals surface area contributed by atoms with Gasteiger partial charge in [-0.3, -0.25) is 4.79 Å². The Labute approximate surface area is 174 Å². The summed E-state index contributed by atoms with van der Waals surface area (Å²) >= 11 is 1.32. The van der Waals surface area contributed by atoms with E-state index in [1.807, 2.05) is 29.6 Å². The monoisotopic (exact) mass is 426 g/mol. The topological polar surface area (TPSA) is 69.0 Å². The number of aromatic nitrogens is 3. The number of hydrogen-bond acceptors (Lipinski definition) is 5. The molecule has 4 rings (SSSR count). The SMILES string of the molecule is COc1ccc(-c2csc(-n3nc(C)cc3NC(=O)c3c(F)cccc3F)n2)cc1. The van der Waals surface area contributed by atoms with Gasteiger partial charge < -0.3 is 10.1 Å². The van der Waals surface area contributed by atoms with E-state index in [1.54, 1.807) is 20.1 Å². The number of amides is 1. The summed E-state index contributed by atoms with van der Waals surface area (Å²) in [6, 6.07) is 12.3. The minimum absolute atomic E-state index is 0.260. The van der Waals surface area contributed by atoms with Crippen LogP contribution in [0.25, 0.3) is 16.4 Å². The van der Waals surface area contributed by atoms with E-state index >= 15 is 0 Å². The normalized spacial score (nSPS) is 10.8. The fourth-order valence-electron chi connectivity index (χ4n) is 2.88. The van der Waals surface area contributed by atoms with E-state index in [0.29, 0.717) is 10.8 Å². The Morgan fingerprint density at radius 2 is 1.83 bits per heavy atom. The van der Waals surface area contributed by atoms with E-state index < -0.39 is 23.1 Å². The van der Waals surface area contributed by atoms with Gasteiger partial charge in [-0.2, -0.15) is 9.78 Å². The second-order valence-corrected chi connectivity index (χ2v) is 7.21. The molecule has 1 N–H and O–H groups in total. The number of benzene rings is 2. The third kappa shape index (κ3) is 3.79. The smallest absolute Gasteiger partial charge is 0.262 e. The zero-order valence-electron chi connectivity index (χ0n) is 16.0. The number of nitrogens with zero attached hydrogens (tertiary/aromatic N) is 3. The van der Waals surface area contributed by atoms with Gasteiger partial charge in [-0.05, 0) is 43.3 Å². The van der Waals surface area contributed by atoms with Gasteiger partial charge in [-0.1, -0.05) is 6.07 Å². The standard InChI is InChI=1S/C21H16F2N4O2S/c1-12-10-18(25-20(28)19-15(22)4-3-5-16(19)23)27(26-12)21-24-17(11-30-21)13-6-8-14(29-2)9-7-13/h3-11H,1-2H3,(H,25,28). The van der Waals surface area contributed by atoms with E-state index in [-0.39, 0.29) is 5.82 Å². The van der Waals surface area contributed by atoms with Crippen molar-refractivity contribution in [2.45, 2.75) is 6.92 Å². The minimum atomic E-state index is -0.939. The number of nitrogens with one attached hydrogen (secondary N) is 1. The summed E-state index contributed by atoms with van der Waals surface area (Å²) in [7, 11) is 1.60. The van der Waals surface area contributed by atoms with Crippen molar-refractivity contribution in [3.05, 3.63) is 76.8 Å². The average Bonchev–Trinajstić information content (AvgIpc) is 3.34. The lowest BCUT2D eigenvalue weighted by Crippen LogP contribution is -2.18. The second kappa shape index (κ2) is 8.03. The van der Waals surface area contributed by atoms with Gasteiger partial charge in [0.15, 0.2) is 0 Å². The van der Waals surface area contributed by atoms with Gasteiger partial charge in [0.1, 0.15) is 28.8 Å². The molecule has 0 saturated carbocycles. The van der Waals surface area contributed by atoms with Crippen molar-refractivity contribution in [1.29, 1.82) is 0 Å². The molecule has 2 aromatic heterocycles. The molecule has 0 unspecified atom stereocenters. The first kappa shape index (κ1) is 19.7. The number of anilines is 1. The lowest BCUT2D eigenvalue weighted by atomic mass is 10.2. The first-order valence-electron chi connectivity index (χ1n) is 8.88. The Balaban J connectivity index is 1.64. The first-order chi connectivity index (χ1) is 14.5. The molecule has 4 aromatic rings. The predicted molar refractivity (Wildman–Crippen MR) is 110 cm³/mol.